The molecule has 1 aliphatic heterocycles. The van der Waals surface area contributed by atoms with Crippen LogP contribution in [-0.2, 0) is 17.8 Å². The Bertz CT molecular complexity index is 787. The topological polar surface area (TPSA) is 49.4 Å². The van der Waals surface area contributed by atoms with Crippen molar-refractivity contribution in [2.75, 3.05) is 6.54 Å². The summed E-state index contributed by atoms with van der Waals surface area (Å²) < 4.78 is 0.725. The molecule has 1 aromatic heterocycles. The first-order chi connectivity index (χ1) is 12.0. The van der Waals surface area contributed by atoms with Crippen LogP contribution in [0.5, 0.6) is 0 Å². The zero-order valence-electron chi connectivity index (χ0n) is 14.3. The number of nitrogens with one attached hydrogen (secondary N) is 1. The second kappa shape index (κ2) is 7.70. The normalized spacial score (nSPS) is 15.0. The Balaban J connectivity index is 1.74. The standard InChI is InChI=1S/C19H21BrN2O2S/c1-12(2)17(21-18(23)14-5-3-4-6-15(14)20)19(24)22-9-7-16-13(11-22)8-10-25-16/h3-6,8,10,12,17H,7,9,11H2,1-2H3,(H,21,23)/t17-/m0/s1. The first-order valence-electron chi connectivity index (χ1n) is 8.36. The molecule has 0 saturated heterocycles. The second-order valence-corrected chi connectivity index (χ2v) is 8.41. The van der Waals surface area contributed by atoms with Crippen molar-refractivity contribution in [1.29, 1.82) is 0 Å². The maximum absolute atomic E-state index is 13.0. The zero-order valence-corrected chi connectivity index (χ0v) is 16.7. The first-order valence-corrected chi connectivity index (χ1v) is 10.0. The van der Waals surface area contributed by atoms with E-state index < -0.39 is 6.04 Å². The Hall–Kier alpha value is -1.66. The molecular formula is C19H21BrN2O2S. The van der Waals surface area contributed by atoms with Gasteiger partial charge in [-0.2, -0.15) is 0 Å². The molecule has 1 aromatic carbocycles. The fourth-order valence-electron chi connectivity index (χ4n) is 3.01. The maximum atomic E-state index is 13.0. The van der Waals surface area contributed by atoms with E-state index in [9.17, 15) is 9.59 Å². The van der Waals surface area contributed by atoms with Crippen LogP contribution in [0.25, 0.3) is 0 Å². The van der Waals surface area contributed by atoms with Gasteiger partial charge in [0.15, 0.2) is 0 Å². The van der Waals surface area contributed by atoms with Crippen LogP contribution >= 0.6 is 27.3 Å². The minimum Gasteiger partial charge on any atom is -0.340 e. The number of carbonyl (C=O) groups is 2. The minimum absolute atomic E-state index is 0.00717. The quantitative estimate of drug-likeness (QED) is 0.816. The Morgan fingerprint density at radius 2 is 2.00 bits per heavy atom. The van der Waals surface area contributed by atoms with Crippen LogP contribution in [0.1, 0.15) is 34.6 Å². The van der Waals surface area contributed by atoms with E-state index in [2.05, 4.69) is 32.7 Å². The highest BCUT2D eigenvalue weighted by atomic mass is 79.9. The van der Waals surface area contributed by atoms with Crippen LogP contribution in [0.4, 0.5) is 0 Å². The van der Waals surface area contributed by atoms with Gasteiger partial charge in [0.25, 0.3) is 5.91 Å². The summed E-state index contributed by atoms with van der Waals surface area (Å²) in [4.78, 5) is 28.9. The van der Waals surface area contributed by atoms with Crippen molar-refractivity contribution in [2.24, 2.45) is 5.92 Å². The highest BCUT2D eigenvalue weighted by Gasteiger charge is 2.31. The van der Waals surface area contributed by atoms with Gasteiger partial charge in [0.2, 0.25) is 5.91 Å². The molecule has 4 nitrogen and oxygen atoms in total. The predicted molar refractivity (Wildman–Crippen MR) is 104 cm³/mol. The lowest BCUT2D eigenvalue weighted by molar-refractivity contribution is -0.135. The number of hydrogen-bond acceptors (Lipinski definition) is 3. The first kappa shape index (κ1) is 18.1. The van der Waals surface area contributed by atoms with Gasteiger partial charge in [0.05, 0.1) is 5.56 Å². The number of hydrogen-bond donors (Lipinski definition) is 1. The second-order valence-electron chi connectivity index (χ2n) is 6.55. The van der Waals surface area contributed by atoms with E-state index in [-0.39, 0.29) is 17.7 Å². The summed E-state index contributed by atoms with van der Waals surface area (Å²) in [6.45, 7) is 5.26. The molecule has 2 aromatic rings. The van der Waals surface area contributed by atoms with Gasteiger partial charge in [-0.3, -0.25) is 9.59 Å². The molecule has 0 saturated carbocycles. The number of nitrogens with zero attached hydrogens (tertiary/aromatic N) is 1. The molecule has 132 valence electrons. The van der Waals surface area contributed by atoms with E-state index in [1.165, 1.54) is 10.4 Å². The van der Waals surface area contributed by atoms with Crippen molar-refractivity contribution in [3.63, 3.8) is 0 Å². The average Bonchev–Trinajstić information content (AvgIpc) is 3.06. The molecule has 0 unspecified atom stereocenters. The molecule has 1 N–H and O–H groups in total. The molecule has 0 fully saturated rings. The van der Waals surface area contributed by atoms with E-state index in [1.54, 1.807) is 17.4 Å². The Morgan fingerprint density at radius 1 is 1.24 bits per heavy atom. The number of rotatable bonds is 4. The highest BCUT2D eigenvalue weighted by Crippen LogP contribution is 2.25. The van der Waals surface area contributed by atoms with E-state index in [0.29, 0.717) is 18.7 Å². The highest BCUT2D eigenvalue weighted by molar-refractivity contribution is 9.10. The maximum Gasteiger partial charge on any atom is 0.253 e. The van der Waals surface area contributed by atoms with Crippen molar-refractivity contribution < 1.29 is 9.59 Å². The van der Waals surface area contributed by atoms with Crippen LogP contribution in [0.15, 0.2) is 40.2 Å². The van der Waals surface area contributed by atoms with Crippen molar-refractivity contribution in [3.05, 3.63) is 56.2 Å². The third-order valence-corrected chi connectivity index (χ3v) is 6.17. The molecule has 2 heterocycles. The van der Waals surface area contributed by atoms with Crippen molar-refractivity contribution >= 4 is 39.1 Å². The molecule has 25 heavy (non-hydrogen) atoms. The lowest BCUT2D eigenvalue weighted by atomic mass is 10.0. The number of carbonyl (C=O) groups excluding carboxylic acids is 2. The van der Waals surface area contributed by atoms with E-state index in [0.717, 1.165) is 10.9 Å². The summed E-state index contributed by atoms with van der Waals surface area (Å²) in [6, 6.07) is 8.81. The molecule has 0 aliphatic carbocycles. The SMILES string of the molecule is CC(C)[C@H](NC(=O)c1ccccc1Br)C(=O)N1CCc2sccc2C1. The van der Waals surface area contributed by atoms with Crippen LogP contribution in [-0.4, -0.2) is 29.3 Å². The summed E-state index contributed by atoms with van der Waals surface area (Å²) in [6.07, 6.45) is 0.891. The summed E-state index contributed by atoms with van der Waals surface area (Å²) >= 11 is 5.15. The third-order valence-electron chi connectivity index (χ3n) is 4.46. The molecule has 2 amide bonds. The van der Waals surface area contributed by atoms with E-state index >= 15 is 0 Å². The molecule has 0 spiro atoms. The molecule has 1 aliphatic rings. The molecule has 6 heteroatoms. The lowest BCUT2D eigenvalue weighted by Gasteiger charge is -2.32. The van der Waals surface area contributed by atoms with Crippen molar-refractivity contribution in [3.8, 4) is 0 Å². The van der Waals surface area contributed by atoms with Gasteiger partial charge in [-0.1, -0.05) is 26.0 Å². The number of halogens is 1. The summed E-state index contributed by atoms with van der Waals surface area (Å²) in [5, 5.41) is 5.01. The van der Waals surface area contributed by atoms with Crippen LogP contribution in [0.2, 0.25) is 0 Å². The van der Waals surface area contributed by atoms with E-state index in [4.69, 9.17) is 0 Å². The van der Waals surface area contributed by atoms with Gasteiger partial charge < -0.3 is 10.2 Å². The molecule has 0 radical (unpaired) electrons. The van der Waals surface area contributed by atoms with Gasteiger partial charge in [-0.25, -0.2) is 0 Å². The predicted octanol–water partition coefficient (Wildman–Crippen LogP) is 3.85. The summed E-state index contributed by atoms with van der Waals surface area (Å²) in [5.74, 6) is -0.220. The van der Waals surface area contributed by atoms with Gasteiger partial charge in [-0.15, -0.1) is 11.3 Å². The molecule has 0 bridgehead atoms. The number of amides is 2. The summed E-state index contributed by atoms with van der Waals surface area (Å²) in [7, 11) is 0. The minimum atomic E-state index is -0.528. The van der Waals surface area contributed by atoms with Crippen molar-refractivity contribution in [1.82, 2.24) is 10.2 Å². The Labute approximate surface area is 160 Å². The number of fused-ring (bicyclic) bond motifs is 1. The zero-order chi connectivity index (χ0) is 18.0. The van der Waals surface area contributed by atoms with Crippen LogP contribution < -0.4 is 5.32 Å². The smallest absolute Gasteiger partial charge is 0.253 e. The number of benzene rings is 1. The lowest BCUT2D eigenvalue weighted by Crippen LogP contribution is -2.52. The molecule has 3 rings (SSSR count). The monoisotopic (exact) mass is 420 g/mol. The number of thiophene rings is 1. The Morgan fingerprint density at radius 3 is 2.72 bits per heavy atom. The summed E-state index contributed by atoms with van der Waals surface area (Å²) in [5.41, 5.74) is 1.77. The third kappa shape index (κ3) is 3.96. The Kier molecular flexibility index (Phi) is 5.59. The van der Waals surface area contributed by atoms with Gasteiger partial charge in [0.1, 0.15) is 6.04 Å². The van der Waals surface area contributed by atoms with Gasteiger partial charge in [-0.05, 0) is 57.4 Å². The molecule has 1 atom stereocenters. The van der Waals surface area contributed by atoms with Crippen LogP contribution in [0.3, 0.4) is 0 Å². The van der Waals surface area contributed by atoms with Crippen molar-refractivity contribution in [2.45, 2.75) is 32.9 Å². The van der Waals surface area contributed by atoms with Crippen LogP contribution in [0, 0.1) is 5.92 Å². The van der Waals surface area contributed by atoms with E-state index in [1.807, 2.05) is 36.9 Å². The van der Waals surface area contributed by atoms with Gasteiger partial charge >= 0.3 is 0 Å². The fraction of sp³-hybridized carbons (Fsp3) is 0.368. The van der Waals surface area contributed by atoms with Gasteiger partial charge in [0, 0.05) is 22.4 Å². The fourth-order valence-corrected chi connectivity index (χ4v) is 4.37. The average molecular weight is 421 g/mol. The largest absolute Gasteiger partial charge is 0.340 e. The molecular weight excluding hydrogens is 400 g/mol.